The molecule has 0 aromatic heterocycles. The largest absolute Gasteiger partial charge is 0.497 e. The molecule has 0 spiro atoms. The van der Waals surface area contributed by atoms with Gasteiger partial charge in [-0.05, 0) is 47.0 Å². The van der Waals surface area contributed by atoms with Gasteiger partial charge in [-0.2, -0.15) is 5.10 Å². The Hall–Kier alpha value is -3.40. The Morgan fingerprint density at radius 3 is 2.36 bits per heavy atom. The van der Waals surface area contributed by atoms with Crippen LogP contribution in [0.15, 0.2) is 84.0 Å². The molecule has 0 aliphatic heterocycles. The van der Waals surface area contributed by atoms with Crippen LogP contribution in [0.5, 0.6) is 5.75 Å². The van der Waals surface area contributed by atoms with E-state index in [1.807, 2.05) is 42.5 Å². The lowest BCUT2D eigenvalue weighted by molar-refractivity contribution is 0.0955. The summed E-state index contributed by atoms with van der Waals surface area (Å²) in [5, 5.41) is 4.04. The second-order valence-electron chi connectivity index (χ2n) is 5.42. The summed E-state index contributed by atoms with van der Waals surface area (Å²) < 4.78 is 5.07. The van der Waals surface area contributed by atoms with Gasteiger partial charge in [0.15, 0.2) is 0 Å². The van der Waals surface area contributed by atoms with Gasteiger partial charge in [-0.25, -0.2) is 5.43 Å². The molecule has 3 aromatic carbocycles. The highest BCUT2D eigenvalue weighted by Crippen LogP contribution is 2.19. The zero-order chi connectivity index (χ0) is 17.5. The predicted molar refractivity (Wildman–Crippen MR) is 99.9 cm³/mol. The van der Waals surface area contributed by atoms with Gasteiger partial charge < -0.3 is 4.74 Å². The third-order valence-corrected chi connectivity index (χ3v) is 3.73. The zero-order valence-electron chi connectivity index (χ0n) is 13.8. The average Bonchev–Trinajstić information content (AvgIpc) is 2.69. The van der Waals surface area contributed by atoms with Gasteiger partial charge in [-0.3, -0.25) is 4.79 Å². The molecule has 0 radical (unpaired) electrons. The summed E-state index contributed by atoms with van der Waals surface area (Å²) in [5.41, 5.74) is 6.21. The predicted octanol–water partition coefficient (Wildman–Crippen LogP) is 4.13. The third-order valence-electron chi connectivity index (χ3n) is 3.73. The Kier molecular flexibility index (Phi) is 5.22. The van der Waals surface area contributed by atoms with E-state index in [9.17, 15) is 4.79 Å². The molecule has 3 aromatic rings. The number of methoxy groups -OCH3 is 1. The summed E-state index contributed by atoms with van der Waals surface area (Å²) in [7, 11) is 1.59. The fourth-order valence-electron chi connectivity index (χ4n) is 2.40. The fraction of sp³-hybridized carbons (Fsp3) is 0.0476. The maximum absolute atomic E-state index is 12.1. The number of hydrogen-bond donors (Lipinski definition) is 1. The van der Waals surface area contributed by atoms with E-state index in [-0.39, 0.29) is 5.91 Å². The van der Waals surface area contributed by atoms with Crippen LogP contribution in [0.4, 0.5) is 0 Å². The van der Waals surface area contributed by atoms with Gasteiger partial charge in [0.25, 0.3) is 5.91 Å². The van der Waals surface area contributed by atoms with Crippen LogP contribution in [-0.4, -0.2) is 19.2 Å². The molecule has 0 saturated carbocycles. The smallest absolute Gasteiger partial charge is 0.271 e. The van der Waals surface area contributed by atoms with Gasteiger partial charge >= 0.3 is 0 Å². The van der Waals surface area contributed by atoms with Gasteiger partial charge in [0.2, 0.25) is 0 Å². The van der Waals surface area contributed by atoms with E-state index in [0.717, 1.165) is 16.7 Å². The van der Waals surface area contributed by atoms with Crippen molar-refractivity contribution in [3.8, 4) is 16.9 Å². The summed E-state index contributed by atoms with van der Waals surface area (Å²) in [5.74, 6) is 0.441. The van der Waals surface area contributed by atoms with Gasteiger partial charge in [0, 0.05) is 5.56 Å². The highest BCUT2D eigenvalue weighted by molar-refractivity contribution is 5.95. The summed E-state index contributed by atoms with van der Waals surface area (Å²) >= 11 is 0. The maximum Gasteiger partial charge on any atom is 0.271 e. The minimum absolute atomic E-state index is 0.266. The lowest BCUT2D eigenvalue weighted by atomic mass is 10.0. The lowest BCUT2D eigenvalue weighted by Crippen LogP contribution is -2.17. The second-order valence-corrected chi connectivity index (χ2v) is 5.42. The van der Waals surface area contributed by atoms with E-state index < -0.39 is 0 Å². The first kappa shape index (κ1) is 16.5. The molecule has 124 valence electrons. The molecule has 1 amide bonds. The van der Waals surface area contributed by atoms with Crippen LogP contribution in [0, 0.1) is 0 Å². The molecule has 0 saturated heterocycles. The molecule has 0 aliphatic carbocycles. The Bertz CT molecular complexity index is 872. The van der Waals surface area contributed by atoms with Gasteiger partial charge in [0.1, 0.15) is 5.75 Å². The molecule has 0 bridgehead atoms. The average molecular weight is 330 g/mol. The molecule has 4 nitrogen and oxygen atoms in total. The number of amides is 1. The summed E-state index contributed by atoms with van der Waals surface area (Å²) in [4.78, 5) is 12.1. The number of ether oxygens (including phenoxy) is 1. The van der Waals surface area contributed by atoms with Crippen LogP contribution in [0.2, 0.25) is 0 Å². The van der Waals surface area contributed by atoms with Crippen molar-refractivity contribution in [3.63, 3.8) is 0 Å². The SMILES string of the molecule is COc1ccc(C(=O)N/N=C\c2cccc(-c3ccccc3)c2)cc1. The maximum atomic E-state index is 12.1. The van der Waals surface area contributed by atoms with Crippen molar-refractivity contribution in [2.75, 3.05) is 7.11 Å². The minimum Gasteiger partial charge on any atom is -0.497 e. The van der Waals surface area contributed by atoms with E-state index in [4.69, 9.17) is 4.74 Å². The number of rotatable bonds is 5. The molecule has 25 heavy (non-hydrogen) atoms. The van der Waals surface area contributed by atoms with Crippen molar-refractivity contribution in [1.29, 1.82) is 0 Å². The number of nitrogens with zero attached hydrogens (tertiary/aromatic N) is 1. The van der Waals surface area contributed by atoms with Crippen molar-refractivity contribution in [2.24, 2.45) is 5.10 Å². The van der Waals surface area contributed by atoms with Gasteiger partial charge in [-0.15, -0.1) is 0 Å². The van der Waals surface area contributed by atoms with Crippen LogP contribution in [0.1, 0.15) is 15.9 Å². The number of hydrogen-bond acceptors (Lipinski definition) is 3. The quantitative estimate of drug-likeness (QED) is 0.565. The fourth-order valence-corrected chi connectivity index (χ4v) is 2.40. The van der Waals surface area contributed by atoms with Crippen molar-refractivity contribution >= 4 is 12.1 Å². The number of nitrogens with one attached hydrogen (secondary N) is 1. The normalized spacial score (nSPS) is 10.6. The van der Waals surface area contributed by atoms with Crippen molar-refractivity contribution < 1.29 is 9.53 Å². The topological polar surface area (TPSA) is 50.7 Å². The van der Waals surface area contributed by atoms with Crippen LogP contribution >= 0.6 is 0 Å². The Morgan fingerprint density at radius 2 is 1.64 bits per heavy atom. The van der Waals surface area contributed by atoms with E-state index in [2.05, 4.69) is 22.7 Å². The molecular formula is C21H18N2O2. The first-order valence-electron chi connectivity index (χ1n) is 7.89. The molecule has 4 heteroatoms. The number of carbonyl (C=O) groups is 1. The molecule has 0 unspecified atom stereocenters. The summed E-state index contributed by atoms with van der Waals surface area (Å²) in [6, 6.07) is 25.0. The minimum atomic E-state index is -0.266. The highest BCUT2D eigenvalue weighted by Gasteiger charge is 2.04. The van der Waals surface area contributed by atoms with Crippen molar-refractivity contribution in [2.45, 2.75) is 0 Å². The first-order valence-corrected chi connectivity index (χ1v) is 7.89. The van der Waals surface area contributed by atoms with Crippen LogP contribution in [0.3, 0.4) is 0 Å². The van der Waals surface area contributed by atoms with Crippen molar-refractivity contribution in [3.05, 3.63) is 90.0 Å². The molecule has 0 atom stereocenters. The Balaban J connectivity index is 1.66. The standard InChI is InChI=1S/C21H18N2O2/c1-25-20-12-10-18(11-13-20)21(24)23-22-15-16-6-5-9-19(14-16)17-7-3-2-4-8-17/h2-15H,1H3,(H,23,24)/b22-15-. The molecule has 0 aliphatic rings. The highest BCUT2D eigenvalue weighted by atomic mass is 16.5. The molecule has 3 rings (SSSR count). The molecule has 0 fully saturated rings. The second kappa shape index (κ2) is 7.93. The number of benzene rings is 3. The van der Waals surface area contributed by atoms with Crippen molar-refractivity contribution in [1.82, 2.24) is 5.43 Å². The number of hydrazone groups is 1. The molecule has 0 heterocycles. The first-order chi connectivity index (χ1) is 12.3. The summed E-state index contributed by atoms with van der Waals surface area (Å²) in [6.45, 7) is 0. The Labute approximate surface area is 146 Å². The van der Waals surface area contributed by atoms with Crippen LogP contribution in [-0.2, 0) is 0 Å². The van der Waals surface area contributed by atoms with E-state index in [1.165, 1.54) is 0 Å². The van der Waals surface area contributed by atoms with E-state index >= 15 is 0 Å². The van der Waals surface area contributed by atoms with E-state index in [1.54, 1.807) is 37.6 Å². The summed E-state index contributed by atoms with van der Waals surface area (Å²) in [6.07, 6.45) is 1.63. The van der Waals surface area contributed by atoms with Crippen LogP contribution in [0.25, 0.3) is 11.1 Å². The lowest BCUT2D eigenvalue weighted by Gasteiger charge is -2.03. The molecule has 1 N–H and O–H groups in total. The van der Waals surface area contributed by atoms with Crippen LogP contribution < -0.4 is 10.2 Å². The number of carbonyl (C=O) groups excluding carboxylic acids is 1. The van der Waals surface area contributed by atoms with E-state index in [0.29, 0.717) is 11.3 Å². The monoisotopic (exact) mass is 330 g/mol. The van der Waals surface area contributed by atoms with Gasteiger partial charge in [-0.1, -0.05) is 48.5 Å². The Morgan fingerprint density at radius 1 is 0.920 bits per heavy atom. The molecular weight excluding hydrogens is 312 g/mol. The zero-order valence-corrected chi connectivity index (χ0v) is 13.8. The third kappa shape index (κ3) is 4.32. The van der Waals surface area contributed by atoms with Gasteiger partial charge in [0.05, 0.1) is 13.3 Å².